The Morgan fingerprint density at radius 1 is 1.16 bits per heavy atom. The maximum Gasteiger partial charge on any atom is 0.298 e. The van der Waals surface area contributed by atoms with E-state index in [1.54, 1.807) is 6.07 Å². The Balaban J connectivity index is 1.75. The molecule has 1 unspecified atom stereocenters. The van der Waals surface area contributed by atoms with Crippen LogP contribution in [-0.2, 0) is 16.4 Å². The summed E-state index contributed by atoms with van der Waals surface area (Å²) in [7, 11) is -3.83. The summed E-state index contributed by atoms with van der Waals surface area (Å²) >= 11 is 0. The van der Waals surface area contributed by atoms with Crippen LogP contribution < -0.4 is 9.86 Å². The van der Waals surface area contributed by atoms with Crippen molar-refractivity contribution in [3.05, 3.63) is 64.4 Å². The summed E-state index contributed by atoms with van der Waals surface area (Å²) in [5, 5.41) is 6.00. The Bertz CT molecular complexity index is 1080. The number of para-hydroxylation sites is 1. The van der Waals surface area contributed by atoms with Gasteiger partial charge >= 0.3 is 0 Å². The summed E-state index contributed by atoms with van der Waals surface area (Å²) in [5.74, 6) is 0.273. The number of rotatable bonds is 3. The Morgan fingerprint density at radius 3 is 2.72 bits per heavy atom. The van der Waals surface area contributed by atoms with E-state index in [0.29, 0.717) is 17.8 Å². The van der Waals surface area contributed by atoms with Gasteiger partial charge in [0.2, 0.25) is 5.09 Å². The topological polar surface area (TPSA) is 96.3 Å². The molecular formula is C17H15N3O4S. The van der Waals surface area contributed by atoms with E-state index >= 15 is 0 Å². The first-order valence-corrected chi connectivity index (χ1v) is 9.19. The minimum atomic E-state index is -3.83. The Hall–Kier alpha value is -2.87. The fourth-order valence-electron chi connectivity index (χ4n) is 3.08. The van der Waals surface area contributed by atoms with Gasteiger partial charge in [0.1, 0.15) is 5.69 Å². The van der Waals surface area contributed by atoms with Gasteiger partial charge in [0.05, 0.1) is 5.69 Å². The summed E-state index contributed by atoms with van der Waals surface area (Å²) in [5.41, 5.74) is 1.68. The number of hydrogen-bond donors (Lipinski definition) is 1. The van der Waals surface area contributed by atoms with Crippen LogP contribution in [0.4, 0.5) is 5.69 Å². The number of benzene rings is 1. The molecule has 3 heterocycles. The third kappa shape index (κ3) is 2.54. The van der Waals surface area contributed by atoms with Gasteiger partial charge in [-0.3, -0.25) is 9.10 Å². The molecule has 0 aliphatic carbocycles. The van der Waals surface area contributed by atoms with Gasteiger partial charge in [-0.25, -0.2) is 5.10 Å². The Labute approximate surface area is 144 Å². The van der Waals surface area contributed by atoms with Crippen LogP contribution in [0.5, 0.6) is 0 Å². The minimum Gasteiger partial charge on any atom is -0.441 e. The molecule has 1 aliphatic rings. The van der Waals surface area contributed by atoms with Crippen molar-refractivity contribution in [3.63, 3.8) is 0 Å². The molecule has 0 bridgehead atoms. The second kappa shape index (κ2) is 5.59. The maximum atomic E-state index is 13.1. The molecule has 0 saturated carbocycles. The average molecular weight is 357 g/mol. The molecule has 0 amide bonds. The summed E-state index contributed by atoms with van der Waals surface area (Å²) < 4.78 is 33.1. The van der Waals surface area contributed by atoms with E-state index in [0.717, 1.165) is 5.56 Å². The number of fused-ring (bicyclic) bond motifs is 1. The lowest BCUT2D eigenvalue weighted by Crippen LogP contribution is -2.35. The van der Waals surface area contributed by atoms with Crippen LogP contribution in [0, 0.1) is 0 Å². The Kier molecular flexibility index (Phi) is 3.50. The fourth-order valence-corrected chi connectivity index (χ4v) is 4.69. The second-order valence-electron chi connectivity index (χ2n) is 5.91. The first-order chi connectivity index (χ1) is 12.0. The molecule has 0 spiro atoms. The molecule has 25 heavy (non-hydrogen) atoms. The lowest BCUT2D eigenvalue weighted by atomic mass is 10.1. The summed E-state index contributed by atoms with van der Waals surface area (Å²) in [6, 6.07) is 13.0. The Morgan fingerprint density at radius 2 is 1.96 bits per heavy atom. The number of nitrogens with zero attached hydrogens (tertiary/aromatic N) is 2. The molecule has 3 aromatic rings. The van der Waals surface area contributed by atoms with E-state index in [1.807, 2.05) is 25.1 Å². The zero-order chi connectivity index (χ0) is 17.6. The summed E-state index contributed by atoms with van der Waals surface area (Å²) in [4.78, 5) is 11.1. The van der Waals surface area contributed by atoms with Crippen LogP contribution in [0.15, 0.2) is 62.8 Å². The van der Waals surface area contributed by atoms with Crippen molar-refractivity contribution in [2.45, 2.75) is 24.5 Å². The van der Waals surface area contributed by atoms with Gasteiger partial charge in [-0.1, -0.05) is 18.2 Å². The molecule has 1 aromatic carbocycles. The van der Waals surface area contributed by atoms with Crippen LogP contribution in [0.1, 0.15) is 12.5 Å². The van der Waals surface area contributed by atoms with E-state index in [4.69, 9.17) is 4.42 Å². The van der Waals surface area contributed by atoms with E-state index < -0.39 is 10.0 Å². The molecule has 1 N–H and O–H groups in total. The lowest BCUT2D eigenvalue weighted by molar-refractivity contribution is 0.456. The van der Waals surface area contributed by atoms with E-state index in [1.165, 1.54) is 28.6 Å². The van der Waals surface area contributed by atoms with Gasteiger partial charge in [0, 0.05) is 12.1 Å². The standard InChI is InChI=1S/C17H15N3O4S/c1-11-10-12-4-2-3-5-14(12)20(11)25(22,23)17-9-7-15(24-17)13-6-8-16(21)19-18-13/h2-9,11H,10H2,1H3,(H,19,21). The largest absolute Gasteiger partial charge is 0.441 e. The monoisotopic (exact) mass is 357 g/mol. The highest BCUT2D eigenvalue weighted by Crippen LogP contribution is 2.37. The van der Waals surface area contributed by atoms with Crippen molar-refractivity contribution >= 4 is 15.7 Å². The van der Waals surface area contributed by atoms with Gasteiger partial charge in [-0.05, 0) is 43.2 Å². The third-order valence-corrected chi connectivity index (χ3v) is 5.97. The minimum absolute atomic E-state index is 0.154. The van der Waals surface area contributed by atoms with Crippen molar-refractivity contribution in [2.75, 3.05) is 4.31 Å². The highest BCUT2D eigenvalue weighted by Gasteiger charge is 2.37. The van der Waals surface area contributed by atoms with E-state index in [-0.39, 0.29) is 22.5 Å². The predicted octanol–water partition coefficient (Wildman–Crippen LogP) is 2.17. The number of aromatic nitrogens is 2. The molecular weight excluding hydrogens is 342 g/mol. The number of furan rings is 1. The van der Waals surface area contributed by atoms with E-state index in [2.05, 4.69) is 10.2 Å². The molecule has 1 atom stereocenters. The van der Waals surface area contributed by atoms with E-state index in [9.17, 15) is 13.2 Å². The van der Waals surface area contributed by atoms with Crippen LogP contribution in [0.3, 0.4) is 0 Å². The number of sulfonamides is 1. The van der Waals surface area contributed by atoms with Crippen LogP contribution in [-0.4, -0.2) is 24.7 Å². The first kappa shape index (κ1) is 15.6. The molecule has 1 aliphatic heterocycles. The van der Waals surface area contributed by atoms with Gasteiger partial charge in [0.25, 0.3) is 15.6 Å². The van der Waals surface area contributed by atoms with Gasteiger partial charge in [-0.2, -0.15) is 13.5 Å². The lowest BCUT2D eigenvalue weighted by Gasteiger charge is -2.22. The first-order valence-electron chi connectivity index (χ1n) is 7.75. The third-order valence-electron chi connectivity index (χ3n) is 4.17. The molecule has 0 saturated heterocycles. The quantitative estimate of drug-likeness (QED) is 0.775. The van der Waals surface area contributed by atoms with Gasteiger partial charge in [0.15, 0.2) is 5.76 Å². The molecule has 8 heteroatoms. The molecule has 0 fully saturated rings. The smallest absolute Gasteiger partial charge is 0.298 e. The SMILES string of the molecule is CC1Cc2ccccc2N1S(=O)(=O)c1ccc(-c2ccc(=O)[nH]n2)o1. The molecule has 2 aromatic heterocycles. The highest BCUT2D eigenvalue weighted by atomic mass is 32.2. The van der Waals surface area contributed by atoms with Crippen molar-refractivity contribution < 1.29 is 12.8 Å². The number of H-pyrrole nitrogens is 1. The molecule has 7 nitrogen and oxygen atoms in total. The van der Waals surface area contributed by atoms with Gasteiger partial charge < -0.3 is 4.42 Å². The van der Waals surface area contributed by atoms with Crippen molar-refractivity contribution in [1.29, 1.82) is 0 Å². The highest BCUT2D eigenvalue weighted by molar-refractivity contribution is 7.92. The maximum absolute atomic E-state index is 13.1. The molecule has 4 rings (SSSR count). The van der Waals surface area contributed by atoms with Crippen molar-refractivity contribution in [2.24, 2.45) is 0 Å². The van der Waals surface area contributed by atoms with Crippen LogP contribution in [0.2, 0.25) is 0 Å². The summed E-state index contributed by atoms with van der Waals surface area (Å²) in [6.45, 7) is 1.87. The fraction of sp³-hybridized carbons (Fsp3) is 0.176. The molecule has 128 valence electrons. The summed E-state index contributed by atoms with van der Waals surface area (Å²) in [6.07, 6.45) is 0.657. The van der Waals surface area contributed by atoms with Crippen molar-refractivity contribution in [1.82, 2.24) is 10.2 Å². The molecule has 0 radical (unpaired) electrons. The zero-order valence-corrected chi connectivity index (χ0v) is 14.2. The number of aromatic amines is 1. The second-order valence-corrected chi connectivity index (χ2v) is 7.65. The number of anilines is 1. The van der Waals surface area contributed by atoms with Crippen LogP contribution >= 0.6 is 0 Å². The number of hydrogen-bond acceptors (Lipinski definition) is 5. The number of nitrogens with one attached hydrogen (secondary N) is 1. The van der Waals surface area contributed by atoms with Crippen molar-refractivity contribution in [3.8, 4) is 11.5 Å². The average Bonchev–Trinajstić information content (AvgIpc) is 3.19. The predicted molar refractivity (Wildman–Crippen MR) is 91.8 cm³/mol. The van der Waals surface area contributed by atoms with Crippen LogP contribution in [0.25, 0.3) is 11.5 Å². The van der Waals surface area contributed by atoms with Gasteiger partial charge in [-0.15, -0.1) is 0 Å². The normalized spacial score (nSPS) is 16.8. The zero-order valence-electron chi connectivity index (χ0n) is 13.3.